The maximum absolute atomic E-state index is 11.5. The van der Waals surface area contributed by atoms with Crippen LogP contribution in [0.2, 0.25) is 0 Å². The molecule has 2 N–H and O–H groups in total. The number of nitrogens with zero attached hydrogens (tertiary/aromatic N) is 2. The normalized spacial score (nSPS) is 10.2. The van der Waals surface area contributed by atoms with Crippen molar-refractivity contribution in [3.05, 3.63) is 53.7 Å². The minimum atomic E-state index is -0.262. The molecule has 1 aromatic carbocycles. The molecule has 1 amide bonds. The topological polar surface area (TPSA) is 81.6 Å². The number of hydrogen-bond acceptors (Lipinski definition) is 3. The fourth-order valence-corrected chi connectivity index (χ4v) is 1.38. The molecule has 0 aliphatic heterocycles. The zero-order valence-electron chi connectivity index (χ0n) is 9.42. The van der Waals surface area contributed by atoms with Gasteiger partial charge in [0.15, 0.2) is 0 Å². The molecule has 0 unspecified atom stereocenters. The second-order valence-corrected chi connectivity index (χ2v) is 3.53. The number of aromatic amines is 1. The molecular weight excluding hydrogens is 228 g/mol. The molecule has 0 saturated heterocycles. The standard InChI is InChI=1S/C13H10N4O/c14-9-11-3-1-2-10(8-11)4-5-13(18)16-12-6-7-15-17-12/h1-8H,(H2,15,16,17,18)/b5-4+. The summed E-state index contributed by atoms with van der Waals surface area (Å²) >= 11 is 0. The van der Waals surface area contributed by atoms with Gasteiger partial charge in [-0.15, -0.1) is 0 Å². The summed E-state index contributed by atoms with van der Waals surface area (Å²) in [5, 5.41) is 17.7. The number of H-pyrrole nitrogens is 1. The minimum absolute atomic E-state index is 0.262. The van der Waals surface area contributed by atoms with Crippen LogP contribution in [0.1, 0.15) is 11.1 Å². The monoisotopic (exact) mass is 238 g/mol. The molecular formula is C13H10N4O. The number of anilines is 1. The van der Waals surface area contributed by atoms with Crippen molar-refractivity contribution in [2.75, 3.05) is 5.32 Å². The third-order valence-electron chi connectivity index (χ3n) is 2.20. The van der Waals surface area contributed by atoms with E-state index >= 15 is 0 Å². The van der Waals surface area contributed by atoms with E-state index in [2.05, 4.69) is 15.5 Å². The first-order valence-corrected chi connectivity index (χ1v) is 5.26. The highest BCUT2D eigenvalue weighted by Crippen LogP contribution is 2.06. The Labute approximate surface area is 104 Å². The summed E-state index contributed by atoms with van der Waals surface area (Å²) in [7, 11) is 0. The van der Waals surface area contributed by atoms with Gasteiger partial charge >= 0.3 is 0 Å². The molecule has 0 saturated carbocycles. The Morgan fingerprint density at radius 1 is 1.44 bits per heavy atom. The van der Waals surface area contributed by atoms with Gasteiger partial charge in [-0.1, -0.05) is 12.1 Å². The molecule has 0 aliphatic rings. The molecule has 1 heterocycles. The number of amides is 1. The van der Waals surface area contributed by atoms with Gasteiger partial charge in [-0.3, -0.25) is 9.89 Å². The lowest BCUT2D eigenvalue weighted by Crippen LogP contribution is -2.07. The fraction of sp³-hybridized carbons (Fsp3) is 0. The Morgan fingerprint density at radius 3 is 3.06 bits per heavy atom. The summed E-state index contributed by atoms with van der Waals surface area (Å²) in [5.41, 5.74) is 1.36. The van der Waals surface area contributed by atoms with Crippen molar-refractivity contribution in [3.8, 4) is 6.07 Å². The van der Waals surface area contributed by atoms with Crippen molar-refractivity contribution in [3.63, 3.8) is 0 Å². The summed E-state index contributed by atoms with van der Waals surface area (Å²) in [6.45, 7) is 0. The maximum atomic E-state index is 11.5. The van der Waals surface area contributed by atoms with Crippen LogP contribution in [0.3, 0.4) is 0 Å². The van der Waals surface area contributed by atoms with Gasteiger partial charge in [-0.2, -0.15) is 10.4 Å². The first-order valence-electron chi connectivity index (χ1n) is 5.26. The summed E-state index contributed by atoms with van der Waals surface area (Å²) in [4.78, 5) is 11.5. The molecule has 0 spiro atoms. The molecule has 1 aromatic heterocycles. The van der Waals surface area contributed by atoms with E-state index in [4.69, 9.17) is 5.26 Å². The highest BCUT2D eigenvalue weighted by molar-refractivity contribution is 6.01. The average Bonchev–Trinajstić information content (AvgIpc) is 2.89. The van der Waals surface area contributed by atoms with Gasteiger partial charge < -0.3 is 5.32 Å². The Kier molecular flexibility index (Phi) is 3.52. The number of aromatic nitrogens is 2. The molecule has 0 fully saturated rings. The van der Waals surface area contributed by atoms with Gasteiger partial charge in [0.05, 0.1) is 17.8 Å². The fourth-order valence-electron chi connectivity index (χ4n) is 1.38. The van der Waals surface area contributed by atoms with Crippen LogP contribution in [0, 0.1) is 11.3 Å². The average molecular weight is 238 g/mol. The Morgan fingerprint density at radius 2 is 2.33 bits per heavy atom. The number of benzene rings is 1. The molecule has 5 nitrogen and oxygen atoms in total. The van der Waals surface area contributed by atoms with Gasteiger partial charge in [-0.25, -0.2) is 0 Å². The maximum Gasteiger partial charge on any atom is 0.249 e. The number of carbonyl (C=O) groups is 1. The SMILES string of the molecule is N#Cc1cccc(/C=C/C(=O)Nc2ccn[nH]2)c1. The third-order valence-corrected chi connectivity index (χ3v) is 2.20. The van der Waals surface area contributed by atoms with Crippen LogP contribution in [-0.2, 0) is 4.79 Å². The van der Waals surface area contributed by atoms with Crippen molar-refractivity contribution < 1.29 is 4.79 Å². The van der Waals surface area contributed by atoms with Gasteiger partial charge in [-0.05, 0) is 23.8 Å². The quantitative estimate of drug-likeness (QED) is 0.801. The molecule has 0 atom stereocenters. The van der Waals surface area contributed by atoms with Crippen LogP contribution >= 0.6 is 0 Å². The Bertz CT molecular complexity index is 608. The smallest absolute Gasteiger partial charge is 0.249 e. The molecule has 18 heavy (non-hydrogen) atoms. The van der Waals surface area contributed by atoms with E-state index in [-0.39, 0.29) is 5.91 Å². The van der Waals surface area contributed by atoms with Gasteiger partial charge in [0, 0.05) is 12.1 Å². The summed E-state index contributed by atoms with van der Waals surface area (Å²) in [6.07, 6.45) is 4.60. The zero-order valence-corrected chi connectivity index (χ0v) is 9.42. The molecule has 2 rings (SSSR count). The molecule has 5 heteroatoms. The molecule has 0 radical (unpaired) electrons. The number of rotatable bonds is 3. The van der Waals surface area contributed by atoms with Gasteiger partial charge in [0.1, 0.15) is 5.82 Å². The number of hydrogen-bond donors (Lipinski definition) is 2. The molecule has 88 valence electrons. The van der Waals surface area contributed by atoms with Crippen molar-refractivity contribution >= 4 is 17.8 Å². The number of nitrogens with one attached hydrogen (secondary N) is 2. The lowest BCUT2D eigenvalue weighted by molar-refractivity contribution is -0.111. The van der Waals surface area contributed by atoms with Crippen molar-refractivity contribution in [2.45, 2.75) is 0 Å². The van der Waals surface area contributed by atoms with Crippen LogP contribution < -0.4 is 5.32 Å². The van der Waals surface area contributed by atoms with E-state index in [1.165, 1.54) is 6.08 Å². The highest BCUT2D eigenvalue weighted by atomic mass is 16.1. The third kappa shape index (κ3) is 3.06. The van der Waals surface area contributed by atoms with Crippen molar-refractivity contribution in [1.29, 1.82) is 5.26 Å². The Hall–Kier alpha value is -2.87. The highest BCUT2D eigenvalue weighted by Gasteiger charge is 1.98. The largest absolute Gasteiger partial charge is 0.307 e. The van der Waals surface area contributed by atoms with Crippen LogP contribution in [0.25, 0.3) is 6.08 Å². The van der Waals surface area contributed by atoms with Crippen molar-refractivity contribution in [1.82, 2.24) is 10.2 Å². The Balaban J connectivity index is 2.02. The lowest BCUT2D eigenvalue weighted by Gasteiger charge is -1.97. The van der Waals surface area contributed by atoms with Crippen LogP contribution in [0.4, 0.5) is 5.82 Å². The van der Waals surface area contributed by atoms with Gasteiger partial charge in [0.25, 0.3) is 0 Å². The minimum Gasteiger partial charge on any atom is -0.307 e. The van der Waals surface area contributed by atoms with Gasteiger partial charge in [0.2, 0.25) is 5.91 Å². The van der Waals surface area contributed by atoms with E-state index in [1.54, 1.807) is 36.5 Å². The molecule has 2 aromatic rings. The van der Waals surface area contributed by atoms with E-state index < -0.39 is 0 Å². The summed E-state index contributed by atoms with van der Waals surface area (Å²) in [5.74, 6) is 0.275. The van der Waals surface area contributed by atoms with E-state index in [0.717, 1.165) is 5.56 Å². The summed E-state index contributed by atoms with van der Waals surface area (Å²) < 4.78 is 0. The summed E-state index contributed by atoms with van der Waals surface area (Å²) in [6, 6.07) is 10.7. The molecule has 0 aliphatic carbocycles. The second-order valence-electron chi connectivity index (χ2n) is 3.53. The molecule has 0 bridgehead atoms. The number of nitriles is 1. The van der Waals surface area contributed by atoms with E-state index in [9.17, 15) is 4.79 Å². The van der Waals surface area contributed by atoms with Crippen molar-refractivity contribution in [2.24, 2.45) is 0 Å². The first kappa shape index (κ1) is 11.6. The van der Waals surface area contributed by atoms with Crippen LogP contribution in [0.15, 0.2) is 42.6 Å². The predicted octanol–water partition coefficient (Wildman–Crippen LogP) is 1.93. The van der Waals surface area contributed by atoms with Crippen LogP contribution in [0.5, 0.6) is 0 Å². The first-order chi connectivity index (χ1) is 8.78. The zero-order chi connectivity index (χ0) is 12.8. The predicted molar refractivity (Wildman–Crippen MR) is 67.4 cm³/mol. The van der Waals surface area contributed by atoms with E-state index in [1.807, 2.05) is 12.1 Å². The van der Waals surface area contributed by atoms with Crippen LogP contribution in [-0.4, -0.2) is 16.1 Å². The van der Waals surface area contributed by atoms with E-state index in [0.29, 0.717) is 11.4 Å². The second kappa shape index (κ2) is 5.46. The number of carbonyl (C=O) groups excluding carboxylic acids is 1. The lowest BCUT2D eigenvalue weighted by atomic mass is 10.1.